The fourth-order valence-corrected chi connectivity index (χ4v) is 5.60. The Morgan fingerprint density at radius 3 is 2.35 bits per heavy atom. The molecule has 0 aromatic heterocycles. The van der Waals surface area contributed by atoms with Gasteiger partial charge in [-0.2, -0.15) is 17.5 Å². The molecule has 2 aliphatic rings. The molecule has 1 aliphatic carbocycles. The zero-order valence-electron chi connectivity index (χ0n) is 18.0. The lowest BCUT2D eigenvalue weighted by Crippen LogP contribution is -2.39. The van der Waals surface area contributed by atoms with Gasteiger partial charge in [0.1, 0.15) is 11.6 Å². The highest BCUT2D eigenvalue weighted by molar-refractivity contribution is 7.89. The number of ether oxygens (including phenoxy) is 1. The number of carboxylic acids is 1. The number of benzene rings is 2. The molecular weight excluding hydrogens is 478 g/mol. The molecule has 6 nitrogen and oxygen atoms in total. The third kappa shape index (κ3) is 5.20. The molecule has 1 aliphatic heterocycles. The van der Waals surface area contributed by atoms with Gasteiger partial charge in [0.05, 0.1) is 22.6 Å². The van der Waals surface area contributed by atoms with Crippen LogP contribution in [0.2, 0.25) is 0 Å². The van der Waals surface area contributed by atoms with Crippen molar-refractivity contribution in [1.82, 2.24) is 4.31 Å². The lowest BCUT2D eigenvalue weighted by Gasteiger charge is -2.31. The predicted octanol–water partition coefficient (Wildman–Crippen LogP) is 4.90. The second kappa shape index (κ2) is 9.18. The zero-order valence-corrected chi connectivity index (χ0v) is 18.8. The summed E-state index contributed by atoms with van der Waals surface area (Å²) in [6.07, 6.45) is -2.06. The molecule has 0 amide bonds. The molecule has 4 rings (SSSR count). The molecule has 0 spiro atoms. The molecule has 1 heterocycles. The van der Waals surface area contributed by atoms with Crippen LogP contribution in [0.3, 0.4) is 0 Å². The van der Waals surface area contributed by atoms with Gasteiger partial charge in [-0.05, 0) is 67.3 Å². The first-order valence-corrected chi connectivity index (χ1v) is 12.3. The number of hydrogen-bond donors (Lipinski definition) is 1. The van der Waals surface area contributed by atoms with Crippen LogP contribution in [0.25, 0.3) is 0 Å². The average molecular weight is 501 g/mol. The Balaban J connectivity index is 1.40. The maximum Gasteiger partial charge on any atom is 0.416 e. The van der Waals surface area contributed by atoms with Crippen molar-refractivity contribution in [3.63, 3.8) is 0 Å². The van der Waals surface area contributed by atoms with Gasteiger partial charge < -0.3 is 9.84 Å². The number of aromatic carboxylic acids is 1. The first-order valence-electron chi connectivity index (χ1n) is 10.8. The molecule has 11 heteroatoms. The van der Waals surface area contributed by atoms with E-state index in [1.807, 2.05) is 0 Å². The van der Waals surface area contributed by atoms with E-state index >= 15 is 0 Å². The Bertz CT molecular complexity index is 1190. The second-order valence-electron chi connectivity index (χ2n) is 8.63. The minimum atomic E-state index is -4.64. The summed E-state index contributed by atoms with van der Waals surface area (Å²) in [6.45, 7) is 0.436. The molecule has 184 valence electrons. The summed E-state index contributed by atoms with van der Waals surface area (Å²) in [5.74, 6) is -1.84. The summed E-state index contributed by atoms with van der Waals surface area (Å²) < 4.78 is 85.7. The number of carbonyl (C=O) groups is 1. The summed E-state index contributed by atoms with van der Waals surface area (Å²) >= 11 is 0. The summed E-state index contributed by atoms with van der Waals surface area (Å²) in [5, 5.41) is 9.15. The number of nitrogens with zero attached hydrogens (tertiary/aromatic N) is 1. The minimum Gasteiger partial charge on any atom is -0.493 e. The van der Waals surface area contributed by atoms with Gasteiger partial charge in [-0.1, -0.05) is 6.07 Å². The molecule has 1 saturated heterocycles. The molecule has 0 unspecified atom stereocenters. The van der Waals surface area contributed by atoms with Crippen molar-refractivity contribution < 1.29 is 40.6 Å². The van der Waals surface area contributed by atoms with Crippen LogP contribution in [0, 0.1) is 11.7 Å². The first-order chi connectivity index (χ1) is 16.0. The lowest BCUT2D eigenvalue weighted by atomic mass is 9.99. The molecule has 0 radical (unpaired) electrons. The monoisotopic (exact) mass is 501 g/mol. The standard InChI is InChI=1S/C23H23F4NO5S/c24-20-12-21(18(15-4-5-15)11-19(20)22(29)30)33-13-14-6-8-28(9-7-14)34(31,32)17-3-1-2-16(10-17)23(25,26)27/h1-3,10-12,14-15H,4-9,13H2,(H,29,30). The summed E-state index contributed by atoms with van der Waals surface area (Å²) in [5.41, 5.74) is -0.768. The number of alkyl halides is 3. The van der Waals surface area contributed by atoms with Gasteiger partial charge in [-0.25, -0.2) is 17.6 Å². The van der Waals surface area contributed by atoms with Gasteiger partial charge >= 0.3 is 12.1 Å². The van der Waals surface area contributed by atoms with E-state index < -0.39 is 44.0 Å². The van der Waals surface area contributed by atoms with Crippen LogP contribution in [0.5, 0.6) is 5.75 Å². The van der Waals surface area contributed by atoms with Gasteiger partial charge in [0.15, 0.2) is 0 Å². The SMILES string of the molecule is O=C(O)c1cc(C2CC2)c(OCC2CCN(S(=O)(=O)c3cccc(C(F)(F)F)c3)CC2)cc1F. The molecule has 34 heavy (non-hydrogen) atoms. The van der Waals surface area contributed by atoms with E-state index in [-0.39, 0.29) is 31.5 Å². The number of piperidine rings is 1. The van der Waals surface area contributed by atoms with E-state index in [0.717, 1.165) is 41.4 Å². The zero-order chi connectivity index (χ0) is 24.7. The molecule has 0 atom stereocenters. The summed E-state index contributed by atoms with van der Waals surface area (Å²) in [4.78, 5) is 10.8. The van der Waals surface area contributed by atoms with Crippen molar-refractivity contribution in [2.75, 3.05) is 19.7 Å². The van der Waals surface area contributed by atoms with Crippen LogP contribution in [-0.2, 0) is 16.2 Å². The van der Waals surface area contributed by atoms with E-state index in [9.17, 15) is 30.8 Å². The number of carboxylic acid groups (broad SMARTS) is 1. The fraction of sp³-hybridized carbons (Fsp3) is 0.435. The van der Waals surface area contributed by atoms with Crippen molar-refractivity contribution in [2.24, 2.45) is 5.92 Å². The maximum atomic E-state index is 14.2. The molecule has 2 aromatic rings. The Kier molecular flexibility index (Phi) is 6.61. The van der Waals surface area contributed by atoms with Gasteiger partial charge in [-0.15, -0.1) is 0 Å². The highest BCUT2D eigenvalue weighted by Gasteiger charge is 2.35. The van der Waals surface area contributed by atoms with Crippen LogP contribution < -0.4 is 4.74 Å². The van der Waals surface area contributed by atoms with Crippen LogP contribution in [0.4, 0.5) is 17.6 Å². The fourth-order valence-electron chi connectivity index (χ4n) is 4.08. The Labute approximate surface area is 194 Å². The van der Waals surface area contributed by atoms with Gasteiger partial charge in [0, 0.05) is 19.2 Å². The molecule has 2 aromatic carbocycles. The number of rotatable bonds is 7. The Morgan fingerprint density at radius 1 is 1.09 bits per heavy atom. The minimum absolute atomic E-state index is 0.0396. The maximum absolute atomic E-state index is 14.2. The van der Waals surface area contributed by atoms with Crippen LogP contribution >= 0.6 is 0 Å². The van der Waals surface area contributed by atoms with Gasteiger partial charge in [0.25, 0.3) is 0 Å². The third-order valence-corrected chi connectivity index (χ3v) is 8.09. The highest BCUT2D eigenvalue weighted by Crippen LogP contribution is 2.45. The predicted molar refractivity (Wildman–Crippen MR) is 114 cm³/mol. The van der Waals surface area contributed by atoms with Crippen molar-refractivity contribution in [3.8, 4) is 5.75 Å². The average Bonchev–Trinajstić information content (AvgIpc) is 3.62. The van der Waals surface area contributed by atoms with Crippen molar-refractivity contribution >= 4 is 16.0 Å². The first kappa shape index (κ1) is 24.5. The summed E-state index contributed by atoms with van der Waals surface area (Å²) in [6, 6.07) is 6.08. The molecule has 1 N–H and O–H groups in total. The van der Waals surface area contributed by atoms with E-state index in [4.69, 9.17) is 9.84 Å². The molecule has 1 saturated carbocycles. The number of halogens is 4. The molecular formula is C23H23F4NO5S. The topological polar surface area (TPSA) is 83.9 Å². The van der Waals surface area contributed by atoms with E-state index in [0.29, 0.717) is 30.2 Å². The number of sulfonamides is 1. The largest absolute Gasteiger partial charge is 0.493 e. The number of hydrogen-bond acceptors (Lipinski definition) is 4. The van der Waals surface area contributed by atoms with E-state index in [1.54, 1.807) is 0 Å². The lowest BCUT2D eigenvalue weighted by molar-refractivity contribution is -0.137. The van der Waals surface area contributed by atoms with Crippen LogP contribution in [0.1, 0.15) is 53.1 Å². The Morgan fingerprint density at radius 2 is 1.76 bits per heavy atom. The van der Waals surface area contributed by atoms with Crippen LogP contribution in [-0.4, -0.2) is 43.5 Å². The highest BCUT2D eigenvalue weighted by atomic mass is 32.2. The van der Waals surface area contributed by atoms with Crippen molar-refractivity contribution in [1.29, 1.82) is 0 Å². The molecule has 0 bridgehead atoms. The smallest absolute Gasteiger partial charge is 0.416 e. The van der Waals surface area contributed by atoms with Crippen molar-refractivity contribution in [2.45, 2.75) is 42.7 Å². The van der Waals surface area contributed by atoms with Crippen molar-refractivity contribution in [3.05, 3.63) is 58.9 Å². The second-order valence-corrected chi connectivity index (χ2v) is 10.6. The summed E-state index contributed by atoms with van der Waals surface area (Å²) in [7, 11) is -4.08. The normalized spacial score (nSPS) is 18.1. The third-order valence-electron chi connectivity index (χ3n) is 6.19. The van der Waals surface area contributed by atoms with Gasteiger partial charge in [0.2, 0.25) is 10.0 Å². The quantitative estimate of drug-likeness (QED) is 0.546. The van der Waals surface area contributed by atoms with E-state index in [1.165, 1.54) is 6.07 Å². The van der Waals surface area contributed by atoms with E-state index in [2.05, 4.69) is 0 Å². The Hall–Kier alpha value is -2.66. The van der Waals surface area contributed by atoms with Gasteiger partial charge in [-0.3, -0.25) is 0 Å². The molecule has 2 fully saturated rings. The van der Waals surface area contributed by atoms with Crippen LogP contribution in [0.15, 0.2) is 41.3 Å².